The first-order valence-corrected chi connectivity index (χ1v) is 10.1. The van der Waals surface area contributed by atoms with Gasteiger partial charge in [0.15, 0.2) is 0 Å². The number of aromatic nitrogens is 3. The minimum absolute atomic E-state index is 0.0349. The summed E-state index contributed by atoms with van der Waals surface area (Å²) in [5.41, 5.74) is 2.70. The highest BCUT2D eigenvalue weighted by molar-refractivity contribution is 7.89. The second-order valence-electron chi connectivity index (χ2n) is 6.48. The molecule has 0 unspecified atom stereocenters. The topological polar surface area (TPSA) is 132 Å². The van der Waals surface area contributed by atoms with Crippen molar-refractivity contribution in [3.05, 3.63) is 53.1 Å². The maximum Gasteiger partial charge on any atom is 0.339 e. The van der Waals surface area contributed by atoms with E-state index >= 15 is 0 Å². The molecule has 150 valence electrons. The fraction of sp³-hybridized carbons (Fsp3) is 0.222. The third-order valence-corrected chi connectivity index (χ3v) is 6.38. The molecule has 11 heteroatoms. The zero-order valence-electron chi connectivity index (χ0n) is 15.8. The predicted octanol–water partition coefficient (Wildman–Crippen LogP) is 0.816. The molecule has 2 aromatic heterocycles. The van der Waals surface area contributed by atoms with Gasteiger partial charge in [0.25, 0.3) is 0 Å². The van der Waals surface area contributed by atoms with Crippen LogP contribution in [0.3, 0.4) is 0 Å². The van der Waals surface area contributed by atoms with E-state index in [1.807, 2.05) is 0 Å². The third kappa shape index (κ3) is 2.86. The van der Waals surface area contributed by atoms with Crippen molar-refractivity contribution >= 4 is 33.1 Å². The lowest BCUT2D eigenvalue weighted by Gasteiger charge is -2.12. The van der Waals surface area contributed by atoms with E-state index < -0.39 is 21.9 Å². The highest BCUT2D eigenvalue weighted by atomic mass is 32.2. The molecule has 0 saturated carbocycles. The number of nitrogens with zero attached hydrogens (tertiary/aromatic N) is 3. The summed E-state index contributed by atoms with van der Waals surface area (Å²) in [6.07, 6.45) is 2.79. The van der Waals surface area contributed by atoms with Crippen LogP contribution in [-0.4, -0.2) is 49.0 Å². The number of rotatable bonds is 4. The van der Waals surface area contributed by atoms with E-state index in [1.165, 1.54) is 43.3 Å². The lowest BCUT2D eigenvalue weighted by molar-refractivity contribution is -0.116. The predicted molar refractivity (Wildman–Crippen MR) is 102 cm³/mol. The average Bonchev–Trinajstić information content (AvgIpc) is 3.23. The Balaban J connectivity index is 1.94. The van der Waals surface area contributed by atoms with Gasteiger partial charge in [-0.05, 0) is 43.3 Å². The lowest BCUT2D eigenvalue weighted by Crippen LogP contribution is -2.19. The quantitative estimate of drug-likeness (QED) is 0.603. The first kappa shape index (κ1) is 19.0. The number of benzene rings is 1. The van der Waals surface area contributed by atoms with Crippen molar-refractivity contribution < 1.29 is 22.7 Å². The summed E-state index contributed by atoms with van der Waals surface area (Å²) in [7, 11) is -1.10. The lowest BCUT2D eigenvalue weighted by atomic mass is 9.95. The van der Waals surface area contributed by atoms with Crippen LogP contribution in [0.1, 0.15) is 33.1 Å². The van der Waals surface area contributed by atoms with Crippen LogP contribution in [-0.2, 0) is 19.6 Å². The molecule has 1 atom stereocenters. The second kappa shape index (κ2) is 6.64. The number of amides is 1. The van der Waals surface area contributed by atoms with Gasteiger partial charge in [-0.15, -0.1) is 0 Å². The fourth-order valence-electron chi connectivity index (χ4n) is 3.51. The molecule has 3 aromatic rings. The number of aryl methyl sites for hydroxylation is 1. The maximum absolute atomic E-state index is 12.8. The van der Waals surface area contributed by atoms with E-state index in [2.05, 4.69) is 20.1 Å². The number of hydrogen-bond donors (Lipinski definition) is 2. The summed E-state index contributed by atoms with van der Waals surface area (Å²) < 4.78 is 32.9. The summed E-state index contributed by atoms with van der Waals surface area (Å²) in [6, 6.07) is 4.41. The number of carbonyl (C=O) groups is 2. The average molecular weight is 415 g/mol. The van der Waals surface area contributed by atoms with Crippen molar-refractivity contribution in [1.82, 2.24) is 19.3 Å². The van der Waals surface area contributed by atoms with Crippen molar-refractivity contribution in [2.24, 2.45) is 0 Å². The summed E-state index contributed by atoms with van der Waals surface area (Å²) in [4.78, 5) is 29.2. The number of anilines is 1. The number of esters is 1. The molecule has 0 aliphatic carbocycles. The molecule has 1 amide bonds. The smallest absolute Gasteiger partial charge is 0.339 e. The molecule has 1 aromatic carbocycles. The molecule has 1 aliphatic rings. The number of fused-ring (bicyclic) bond motifs is 2. The molecule has 0 bridgehead atoms. The molecule has 0 fully saturated rings. The van der Waals surface area contributed by atoms with E-state index in [0.29, 0.717) is 33.6 Å². The molecule has 0 saturated heterocycles. The van der Waals surface area contributed by atoms with E-state index in [-0.39, 0.29) is 10.8 Å². The summed E-state index contributed by atoms with van der Waals surface area (Å²) in [5.74, 6) is -1.74. The van der Waals surface area contributed by atoms with Crippen molar-refractivity contribution in [1.29, 1.82) is 0 Å². The Hall–Kier alpha value is -3.31. The minimum Gasteiger partial charge on any atom is -0.465 e. The number of hydrogen-bond acceptors (Lipinski definition) is 7. The van der Waals surface area contributed by atoms with Crippen molar-refractivity contribution in [2.45, 2.75) is 17.7 Å². The van der Waals surface area contributed by atoms with E-state index in [9.17, 15) is 18.0 Å². The zero-order chi connectivity index (χ0) is 20.9. The van der Waals surface area contributed by atoms with Gasteiger partial charge in [0.2, 0.25) is 15.9 Å². The van der Waals surface area contributed by atoms with Crippen molar-refractivity contribution in [3.8, 4) is 0 Å². The highest BCUT2D eigenvalue weighted by Crippen LogP contribution is 2.39. The summed E-state index contributed by atoms with van der Waals surface area (Å²) >= 11 is 0. The number of sulfonamides is 1. The monoisotopic (exact) mass is 415 g/mol. The maximum atomic E-state index is 12.8. The molecular weight excluding hydrogens is 398 g/mol. The zero-order valence-corrected chi connectivity index (χ0v) is 16.6. The molecule has 1 aliphatic heterocycles. The Bertz CT molecular complexity index is 1280. The van der Waals surface area contributed by atoms with Crippen molar-refractivity contribution in [2.75, 3.05) is 19.5 Å². The number of methoxy groups -OCH3 is 1. The van der Waals surface area contributed by atoms with Crippen LogP contribution in [0.2, 0.25) is 0 Å². The van der Waals surface area contributed by atoms with Gasteiger partial charge in [0.05, 0.1) is 28.8 Å². The van der Waals surface area contributed by atoms with Gasteiger partial charge < -0.3 is 10.1 Å². The summed E-state index contributed by atoms with van der Waals surface area (Å²) in [5, 5.41) is 6.87. The molecular formula is C18H17N5O5S. The van der Waals surface area contributed by atoms with E-state index in [0.717, 1.165) is 0 Å². The number of nitrogens with one attached hydrogen (secondary N) is 2. The van der Waals surface area contributed by atoms with E-state index in [1.54, 1.807) is 13.0 Å². The van der Waals surface area contributed by atoms with Crippen LogP contribution in [0.5, 0.6) is 0 Å². The molecule has 10 nitrogen and oxygen atoms in total. The Morgan fingerprint density at radius 1 is 1.34 bits per heavy atom. The van der Waals surface area contributed by atoms with Gasteiger partial charge in [-0.2, -0.15) is 5.10 Å². The molecule has 29 heavy (non-hydrogen) atoms. The van der Waals surface area contributed by atoms with E-state index in [4.69, 9.17) is 4.74 Å². The van der Waals surface area contributed by atoms with Crippen molar-refractivity contribution in [3.63, 3.8) is 0 Å². The molecule has 3 heterocycles. The van der Waals surface area contributed by atoms with Crippen LogP contribution in [0.15, 0.2) is 35.6 Å². The molecule has 2 N–H and O–H groups in total. The largest absolute Gasteiger partial charge is 0.465 e. The number of ether oxygens (including phenoxy) is 1. The van der Waals surface area contributed by atoms with Gasteiger partial charge in [0.1, 0.15) is 12.2 Å². The molecule has 0 radical (unpaired) electrons. The first-order valence-electron chi connectivity index (χ1n) is 8.58. The third-order valence-electron chi connectivity index (χ3n) is 4.97. The second-order valence-corrected chi connectivity index (χ2v) is 8.36. The highest BCUT2D eigenvalue weighted by Gasteiger charge is 2.36. The van der Waals surface area contributed by atoms with Crippen LogP contribution in [0, 0.1) is 6.92 Å². The van der Waals surface area contributed by atoms with Crippen LogP contribution >= 0.6 is 0 Å². The molecule has 0 spiro atoms. The van der Waals surface area contributed by atoms with Gasteiger partial charge in [0, 0.05) is 11.9 Å². The van der Waals surface area contributed by atoms with Gasteiger partial charge >= 0.3 is 5.97 Å². The minimum atomic E-state index is -3.69. The Morgan fingerprint density at radius 3 is 2.79 bits per heavy atom. The van der Waals surface area contributed by atoms with Crippen LogP contribution in [0.25, 0.3) is 5.52 Å². The SMILES string of the molecule is CNS(=O)(=O)c1ccc2c(c1)[C@@H](c1ncnn3cc(C(=O)OC)c(C)c13)C(=O)N2. The normalized spacial score (nSPS) is 16.0. The standard InChI is InChI=1S/C18H17N5O5S/c1-9-12(18(25)28-3)7-23-16(9)15(20-8-21-23)14-11-6-10(29(26,27)19-2)4-5-13(11)22-17(14)24/h4-8,14,19H,1-3H3,(H,22,24)/t14-/m0/s1. The van der Waals surface area contributed by atoms with Crippen LogP contribution in [0.4, 0.5) is 5.69 Å². The Kier molecular flexibility index (Phi) is 4.35. The Morgan fingerprint density at radius 2 is 2.10 bits per heavy atom. The van der Waals surface area contributed by atoms with Crippen LogP contribution < -0.4 is 10.0 Å². The van der Waals surface area contributed by atoms with Gasteiger partial charge in [-0.3, -0.25) is 4.79 Å². The van der Waals surface area contributed by atoms with Gasteiger partial charge in [-0.1, -0.05) is 0 Å². The number of carbonyl (C=O) groups excluding carboxylic acids is 2. The Labute approximate surface area is 165 Å². The molecule has 4 rings (SSSR count). The van der Waals surface area contributed by atoms with Gasteiger partial charge in [-0.25, -0.2) is 27.4 Å². The first-order chi connectivity index (χ1) is 13.8. The fourth-order valence-corrected chi connectivity index (χ4v) is 4.28. The summed E-state index contributed by atoms with van der Waals surface area (Å²) in [6.45, 7) is 1.71.